The average molecular weight is 273 g/mol. The van der Waals surface area contributed by atoms with E-state index in [1.54, 1.807) is 6.26 Å². The zero-order valence-corrected chi connectivity index (χ0v) is 12.1. The van der Waals surface area contributed by atoms with E-state index in [0.29, 0.717) is 6.04 Å². The second kappa shape index (κ2) is 6.27. The largest absolute Gasteiger partial charge is 0.468 e. The van der Waals surface area contributed by atoms with E-state index in [-0.39, 0.29) is 6.04 Å². The van der Waals surface area contributed by atoms with Crippen LogP contribution in [0.15, 0.2) is 35.1 Å². The maximum atomic E-state index is 5.40. The highest BCUT2D eigenvalue weighted by Crippen LogP contribution is 2.27. The number of nitrogens with zero attached hydrogens (tertiary/aromatic N) is 2. The van der Waals surface area contributed by atoms with Crippen molar-refractivity contribution in [3.8, 4) is 0 Å². The molecule has 1 N–H and O–H groups in total. The quantitative estimate of drug-likeness (QED) is 0.900. The van der Waals surface area contributed by atoms with E-state index in [4.69, 9.17) is 9.52 Å². The minimum Gasteiger partial charge on any atom is -0.468 e. The summed E-state index contributed by atoms with van der Waals surface area (Å²) >= 11 is 0. The van der Waals surface area contributed by atoms with Crippen LogP contribution >= 0.6 is 0 Å². The summed E-state index contributed by atoms with van der Waals surface area (Å²) in [6.45, 7) is 2.89. The summed E-state index contributed by atoms with van der Waals surface area (Å²) in [5.74, 6) is 0.969. The molecule has 20 heavy (non-hydrogen) atoms. The lowest BCUT2D eigenvalue weighted by Gasteiger charge is -2.21. The Hall–Kier alpha value is -1.55. The van der Waals surface area contributed by atoms with E-state index in [1.807, 2.05) is 12.1 Å². The van der Waals surface area contributed by atoms with Crippen LogP contribution in [0, 0.1) is 0 Å². The zero-order valence-electron chi connectivity index (χ0n) is 12.1. The van der Waals surface area contributed by atoms with Crippen molar-refractivity contribution in [1.82, 2.24) is 15.1 Å². The SMILES string of the molecule is C[C@@H](NCc1ccn(C2CCCCC2)n1)c1ccco1. The first-order valence-corrected chi connectivity index (χ1v) is 7.64. The van der Waals surface area contributed by atoms with E-state index in [9.17, 15) is 0 Å². The molecule has 1 atom stereocenters. The van der Waals surface area contributed by atoms with Crippen molar-refractivity contribution in [1.29, 1.82) is 0 Å². The summed E-state index contributed by atoms with van der Waals surface area (Å²) in [4.78, 5) is 0. The second-order valence-electron chi connectivity index (χ2n) is 5.70. The summed E-state index contributed by atoms with van der Waals surface area (Å²) in [5, 5.41) is 8.16. The van der Waals surface area contributed by atoms with Gasteiger partial charge in [0.25, 0.3) is 0 Å². The molecule has 2 aromatic heterocycles. The molecule has 0 aliphatic heterocycles. The highest BCUT2D eigenvalue weighted by Gasteiger charge is 2.16. The first-order chi connectivity index (χ1) is 9.83. The highest BCUT2D eigenvalue weighted by molar-refractivity contribution is 5.05. The molecule has 0 saturated heterocycles. The van der Waals surface area contributed by atoms with Crippen LogP contribution < -0.4 is 5.32 Å². The van der Waals surface area contributed by atoms with Crippen molar-refractivity contribution in [2.45, 2.75) is 57.7 Å². The van der Waals surface area contributed by atoms with Crippen molar-refractivity contribution in [3.63, 3.8) is 0 Å². The maximum Gasteiger partial charge on any atom is 0.120 e. The standard InChI is InChI=1S/C16H23N3O/c1-13(16-8-5-11-20-16)17-12-14-9-10-19(18-14)15-6-3-2-4-7-15/h5,8-11,13,15,17H,2-4,6-7,12H2,1H3/t13-/m1/s1. The van der Waals surface area contributed by atoms with E-state index in [2.05, 4.69) is 29.2 Å². The van der Waals surface area contributed by atoms with Gasteiger partial charge < -0.3 is 9.73 Å². The van der Waals surface area contributed by atoms with Crippen molar-refractivity contribution in [2.24, 2.45) is 0 Å². The monoisotopic (exact) mass is 273 g/mol. The first kappa shape index (κ1) is 13.4. The molecule has 0 spiro atoms. The number of hydrogen-bond donors (Lipinski definition) is 1. The molecule has 0 amide bonds. The molecule has 1 fully saturated rings. The van der Waals surface area contributed by atoms with Gasteiger partial charge in [0.15, 0.2) is 0 Å². The molecular formula is C16H23N3O. The molecule has 3 rings (SSSR count). The molecule has 108 valence electrons. The van der Waals surface area contributed by atoms with Gasteiger partial charge in [-0.25, -0.2) is 0 Å². The van der Waals surface area contributed by atoms with Crippen molar-refractivity contribution < 1.29 is 4.42 Å². The van der Waals surface area contributed by atoms with Gasteiger partial charge in [-0.2, -0.15) is 5.10 Å². The topological polar surface area (TPSA) is 43.0 Å². The summed E-state index contributed by atoms with van der Waals surface area (Å²) in [6, 6.07) is 6.87. The molecule has 0 unspecified atom stereocenters. The van der Waals surface area contributed by atoms with Crippen LogP contribution in [0.4, 0.5) is 0 Å². The Morgan fingerprint density at radius 3 is 2.95 bits per heavy atom. The fourth-order valence-corrected chi connectivity index (χ4v) is 2.92. The lowest BCUT2D eigenvalue weighted by atomic mass is 9.96. The van der Waals surface area contributed by atoms with Crippen LogP contribution in [0.5, 0.6) is 0 Å². The van der Waals surface area contributed by atoms with E-state index in [1.165, 1.54) is 32.1 Å². The summed E-state index contributed by atoms with van der Waals surface area (Å²) in [7, 11) is 0. The Kier molecular flexibility index (Phi) is 4.21. The molecule has 1 aliphatic rings. The van der Waals surface area contributed by atoms with Crippen molar-refractivity contribution in [3.05, 3.63) is 42.1 Å². The number of rotatable bonds is 5. The smallest absolute Gasteiger partial charge is 0.120 e. The van der Waals surface area contributed by atoms with Crippen LogP contribution in [0.25, 0.3) is 0 Å². The van der Waals surface area contributed by atoms with Gasteiger partial charge in [0.1, 0.15) is 5.76 Å². The summed E-state index contributed by atoms with van der Waals surface area (Å²) < 4.78 is 7.56. The van der Waals surface area contributed by atoms with Crippen LogP contribution in [0.1, 0.15) is 62.6 Å². The molecule has 1 aliphatic carbocycles. The first-order valence-electron chi connectivity index (χ1n) is 7.64. The van der Waals surface area contributed by atoms with Crippen molar-refractivity contribution >= 4 is 0 Å². The molecule has 0 radical (unpaired) electrons. The summed E-state index contributed by atoms with van der Waals surface area (Å²) in [6.07, 6.45) is 10.5. The Balaban J connectivity index is 1.54. The fourth-order valence-electron chi connectivity index (χ4n) is 2.92. The lowest BCUT2D eigenvalue weighted by molar-refractivity contribution is 0.327. The lowest BCUT2D eigenvalue weighted by Crippen LogP contribution is -2.19. The molecule has 0 aromatic carbocycles. The Bertz CT molecular complexity index is 512. The van der Waals surface area contributed by atoms with Gasteiger partial charge in [-0.15, -0.1) is 0 Å². The van der Waals surface area contributed by atoms with E-state index >= 15 is 0 Å². The second-order valence-corrected chi connectivity index (χ2v) is 5.70. The molecule has 1 saturated carbocycles. The normalized spacial score (nSPS) is 18.2. The third-order valence-corrected chi connectivity index (χ3v) is 4.17. The predicted octanol–water partition coefficient (Wildman–Crippen LogP) is 3.83. The number of hydrogen-bond acceptors (Lipinski definition) is 3. The Morgan fingerprint density at radius 1 is 1.35 bits per heavy atom. The van der Waals surface area contributed by atoms with Gasteiger partial charge in [-0.05, 0) is 38.0 Å². The Labute approximate surface area is 120 Å². The van der Waals surface area contributed by atoms with Crippen LogP contribution in [0.2, 0.25) is 0 Å². The highest BCUT2D eigenvalue weighted by atomic mass is 16.3. The minimum atomic E-state index is 0.213. The van der Waals surface area contributed by atoms with Crippen LogP contribution in [-0.2, 0) is 6.54 Å². The fraction of sp³-hybridized carbons (Fsp3) is 0.562. The predicted molar refractivity (Wildman–Crippen MR) is 78.3 cm³/mol. The van der Waals surface area contributed by atoms with E-state index in [0.717, 1.165) is 18.0 Å². The van der Waals surface area contributed by atoms with Crippen molar-refractivity contribution in [2.75, 3.05) is 0 Å². The van der Waals surface area contributed by atoms with Gasteiger partial charge in [0.05, 0.1) is 24.0 Å². The van der Waals surface area contributed by atoms with Gasteiger partial charge in [-0.1, -0.05) is 19.3 Å². The number of nitrogens with one attached hydrogen (secondary N) is 1. The average Bonchev–Trinajstić information content (AvgIpc) is 3.17. The number of aromatic nitrogens is 2. The van der Waals surface area contributed by atoms with Crippen LogP contribution in [-0.4, -0.2) is 9.78 Å². The summed E-state index contributed by atoms with van der Waals surface area (Å²) in [5.41, 5.74) is 1.11. The minimum absolute atomic E-state index is 0.213. The third-order valence-electron chi connectivity index (χ3n) is 4.17. The van der Waals surface area contributed by atoms with Gasteiger partial charge in [0, 0.05) is 12.7 Å². The van der Waals surface area contributed by atoms with E-state index < -0.39 is 0 Å². The molecule has 2 heterocycles. The molecule has 4 nitrogen and oxygen atoms in total. The third kappa shape index (κ3) is 3.12. The zero-order chi connectivity index (χ0) is 13.8. The van der Waals surface area contributed by atoms with Gasteiger partial charge >= 0.3 is 0 Å². The van der Waals surface area contributed by atoms with Gasteiger partial charge in [0.2, 0.25) is 0 Å². The number of furan rings is 1. The van der Waals surface area contributed by atoms with Crippen LogP contribution in [0.3, 0.4) is 0 Å². The molecular weight excluding hydrogens is 250 g/mol. The molecule has 0 bridgehead atoms. The Morgan fingerprint density at radius 2 is 2.20 bits per heavy atom. The molecule has 2 aromatic rings. The maximum absolute atomic E-state index is 5.40. The molecule has 4 heteroatoms. The van der Waals surface area contributed by atoms with Gasteiger partial charge in [-0.3, -0.25) is 4.68 Å².